The van der Waals surface area contributed by atoms with Crippen molar-refractivity contribution in [3.05, 3.63) is 53.7 Å². The van der Waals surface area contributed by atoms with Crippen LogP contribution >= 0.6 is 0 Å². The maximum Gasteiger partial charge on any atom is 0.256 e. The lowest BCUT2D eigenvalue weighted by molar-refractivity contribution is 0.102. The van der Waals surface area contributed by atoms with Gasteiger partial charge in [-0.2, -0.15) is 0 Å². The van der Waals surface area contributed by atoms with Gasteiger partial charge in [0, 0.05) is 38.1 Å². The van der Waals surface area contributed by atoms with Gasteiger partial charge in [0.1, 0.15) is 5.82 Å². The zero-order valence-corrected chi connectivity index (χ0v) is 11.6. The molecule has 1 aromatic heterocycles. The van der Waals surface area contributed by atoms with E-state index in [0.29, 0.717) is 17.9 Å². The maximum atomic E-state index is 12.1. The maximum absolute atomic E-state index is 12.1. The third kappa shape index (κ3) is 3.33. The van der Waals surface area contributed by atoms with E-state index in [1.165, 1.54) is 0 Å². The Bertz CT molecular complexity index is 576. The van der Waals surface area contributed by atoms with Crippen molar-refractivity contribution >= 4 is 17.4 Å². The fourth-order valence-electron chi connectivity index (χ4n) is 1.72. The molecule has 0 aliphatic heterocycles. The summed E-state index contributed by atoms with van der Waals surface area (Å²) in [7, 11) is 3.91. The van der Waals surface area contributed by atoms with Crippen molar-refractivity contribution in [2.75, 3.05) is 24.3 Å². The first-order chi connectivity index (χ1) is 9.60. The highest BCUT2D eigenvalue weighted by Crippen LogP contribution is 2.13. The molecule has 0 aliphatic carbocycles. The molecular weight excluding hydrogens is 252 g/mol. The number of nitrogens with one attached hydrogen (secondary N) is 1. The number of benzene rings is 1. The molecule has 20 heavy (non-hydrogen) atoms. The van der Waals surface area contributed by atoms with Crippen LogP contribution in [0, 0.1) is 0 Å². The summed E-state index contributed by atoms with van der Waals surface area (Å²) in [6, 6.07) is 11.0. The van der Waals surface area contributed by atoms with E-state index in [1.54, 1.807) is 24.4 Å². The Morgan fingerprint density at radius 2 is 1.90 bits per heavy atom. The molecule has 0 aliphatic rings. The monoisotopic (exact) mass is 270 g/mol. The van der Waals surface area contributed by atoms with E-state index in [2.05, 4.69) is 10.3 Å². The molecule has 2 rings (SSSR count). The summed E-state index contributed by atoms with van der Waals surface area (Å²) in [5.74, 6) is 0.340. The highest BCUT2D eigenvalue weighted by Gasteiger charge is 2.07. The molecule has 0 unspecified atom stereocenters. The van der Waals surface area contributed by atoms with E-state index in [0.717, 1.165) is 11.3 Å². The van der Waals surface area contributed by atoms with Crippen LogP contribution in [0.25, 0.3) is 0 Å². The lowest BCUT2D eigenvalue weighted by Crippen LogP contribution is -2.14. The number of carbonyl (C=O) groups is 1. The summed E-state index contributed by atoms with van der Waals surface area (Å²) in [6.07, 6.45) is 1.66. The van der Waals surface area contributed by atoms with Crippen molar-refractivity contribution in [3.8, 4) is 0 Å². The number of carbonyl (C=O) groups excluding carboxylic acids is 1. The molecule has 3 N–H and O–H groups in total. The van der Waals surface area contributed by atoms with Gasteiger partial charge in [0.05, 0.1) is 0 Å². The van der Waals surface area contributed by atoms with Crippen LogP contribution in [0.3, 0.4) is 0 Å². The summed E-state index contributed by atoms with van der Waals surface area (Å²) in [6.45, 7) is 0.438. The third-order valence-corrected chi connectivity index (χ3v) is 2.95. The molecule has 0 radical (unpaired) electrons. The van der Waals surface area contributed by atoms with E-state index in [9.17, 15) is 4.79 Å². The van der Waals surface area contributed by atoms with E-state index in [1.807, 2.05) is 37.2 Å². The molecule has 0 bridgehead atoms. The highest BCUT2D eigenvalue weighted by molar-refractivity contribution is 6.03. The minimum absolute atomic E-state index is 0.177. The lowest BCUT2D eigenvalue weighted by Gasteiger charge is -2.12. The zero-order chi connectivity index (χ0) is 14.5. The van der Waals surface area contributed by atoms with Crippen molar-refractivity contribution in [3.63, 3.8) is 0 Å². The second-order valence-corrected chi connectivity index (χ2v) is 4.65. The van der Waals surface area contributed by atoms with Gasteiger partial charge in [-0.25, -0.2) is 4.98 Å². The lowest BCUT2D eigenvalue weighted by atomic mass is 10.2. The predicted octanol–water partition coefficient (Wildman–Crippen LogP) is 1.86. The number of hydrogen-bond acceptors (Lipinski definition) is 4. The topological polar surface area (TPSA) is 71.2 Å². The number of anilines is 2. The summed E-state index contributed by atoms with van der Waals surface area (Å²) < 4.78 is 0. The SMILES string of the molecule is CN(C)c1ccc(C(=O)Nc2ccc(CN)cn2)cc1. The summed E-state index contributed by atoms with van der Waals surface area (Å²) in [5.41, 5.74) is 8.07. The zero-order valence-electron chi connectivity index (χ0n) is 11.6. The fourth-order valence-corrected chi connectivity index (χ4v) is 1.72. The number of rotatable bonds is 4. The Morgan fingerprint density at radius 3 is 2.40 bits per heavy atom. The number of pyridine rings is 1. The molecule has 0 saturated carbocycles. The van der Waals surface area contributed by atoms with Gasteiger partial charge >= 0.3 is 0 Å². The Hall–Kier alpha value is -2.40. The normalized spacial score (nSPS) is 10.2. The summed E-state index contributed by atoms with van der Waals surface area (Å²) in [5, 5.41) is 2.75. The van der Waals surface area contributed by atoms with Crippen molar-refractivity contribution in [2.45, 2.75) is 6.54 Å². The van der Waals surface area contributed by atoms with Crippen LogP contribution in [0.4, 0.5) is 11.5 Å². The molecule has 0 fully saturated rings. The molecule has 0 spiro atoms. The fraction of sp³-hybridized carbons (Fsp3) is 0.200. The smallest absolute Gasteiger partial charge is 0.256 e. The van der Waals surface area contributed by atoms with Crippen LogP contribution in [0.1, 0.15) is 15.9 Å². The molecule has 5 nitrogen and oxygen atoms in total. The van der Waals surface area contributed by atoms with E-state index in [4.69, 9.17) is 5.73 Å². The van der Waals surface area contributed by atoms with E-state index in [-0.39, 0.29) is 5.91 Å². The first-order valence-corrected chi connectivity index (χ1v) is 6.34. The van der Waals surface area contributed by atoms with Crippen molar-refractivity contribution < 1.29 is 4.79 Å². The van der Waals surface area contributed by atoms with Gasteiger partial charge in [0.15, 0.2) is 0 Å². The van der Waals surface area contributed by atoms with Crippen LogP contribution in [-0.4, -0.2) is 25.0 Å². The Kier molecular flexibility index (Phi) is 4.32. The van der Waals surface area contributed by atoms with Crippen molar-refractivity contribution in [1.29, 1.82) is 0 Å². The second kappa shape index (κ2) is 6.16. The Balaban J connectivity index is 2.07. The van der Waals surface area contributed by atoms with Gasteiger partial charge < -0.3 is 16.0 Å². The van der Waals surface area contributed by atoms with Crippen LogP contribution in [-0.2, 0) is 6.54 Å². The number of nitrogens with two attached hydrogens (primary N) is 1. The molecule has 2 aromatic rings. The molecule has 5 heteroatoms. The molecular formula is C15H18N4O. The molecule has 0 atom stereocenters. The van der Waals surface area contributed by atoms with Crippen LogP contribution < -0.4 is 16.0 Å². The van der Waals surface area contributed by atoms with Gasteiger partial charge in [-0.05, 0) is 35.9 Å². The van der Waals surface area contributed by atoms with Crippen LogP contribution in [0.15, 0.2) is 42.6 Å². The molecule has 1 heterocycles. The number of aromatic nitrogens is 1. The predicted molar refractivity (Wildman–Crippen MR) is 80.9 cm³/mol. The van der Waals surface area contributed by atoms with Crippen molar-refractivity contribution in [1.82, 2.24) is 4.98 Å². The van der Waals surface area contributed by atoms with Gasteiger partial charge in [0.25, 0.3) is 5.91 Å². The van der Waals surface area contributed by atoms with Gasteiger partial charge in [0.2, 0.25) is 0 Å². The quantitative estimate of drug-likeness (QED) is 0.889. The Morgan fingerprint density at radius 1 is 1.20 bits per heavy atom. The number of hydrogen-bond donors (Lipinski definition) is 2. The Labute approximate surface area is 118 Å². The average Bonchev–Trinajstić information content (AvgIpc) is 2.48. The van der Waals surface area contributed by atoms with Crippen LogP contribution in [0.2, 0.25) is 0 Å². The molecule has 104 valence electrons. The number of amides is 1. The largest absolute Gasteiger partial charge is 0.378 e. The molecule has 1 aromatic carbocycles. The first kappa shape index (κ1) is 14.0. The summed E-state index contributed by atoms with van der Waals surface area (Å²) in [4.78, 5) is 18.2. The van der Waals surface area contributed by atoms with E-state index >= 15 is 0 Å². The second-order valence-electron chi connectivity index (χ2n) is 4.65. The van der Waals surface area contributed by atoms with Gasteiger partial charge in [-0.1, -0.05) is 6.07 Å². The van der Waals surface area contributed by atoms with Crippen molar-refractivity contribution in [2.24, 2.45) is 5.73 Å². The summed E-state index contributed by atoms with van der Waals surface area (Å²) >= 11 is 0. The minimum Gasteiger partial charge on any atom is -0.378 e. The van der Waals surface area contributed by atoms with Gasteiger partial charge in [-0.15, -0.1) is 0 Å². The molecule has 1 amide bonds. The standard InChI is InChI=1S/C15H18N4O/c1-19(2)13-6-4-12(5-7-13)15(20)18-14-8-3-11(9-16)10-17-14/h3-8,10H,9,16H2,1-2H3,(H,17,18,20). The van der Waals surface area contributed by atoms with Gasteiger partial charge in [-0.3, -0.25) is 4.79 Å². The number of nitrogens with zero attached hydrogens (tertiary/aromatic N) is 2. The van der Waals surface area contributed by atoms with Crippen LogP contribution in [0.5, 0.6) is 0 Å². The first-order valence-electron chi connectivity index (χ1n) is 6.34. The van der Waals surface area contributed by atoms with E-state index < -0.39 is 0 Å². The average molecular weight is 270 g/mol. The molecule has 0 saturated heterocycles. The highest BCUT2D eigenvalue weighted by atomic mass is 16.1. The minimum atomic E-state index is -0.177. The third-order valence-electron chi connectivity index (χ3n) is 2.95.